The molecule has 1 fully saturated rings. The highest BCUT2D eigenvalue weighted by Crippen LogP contribution is 2.50. The number of aliphatic hydroxyl groups excluding tert-OH is 1. The molecule has 4 atom stereocenters. The first-order valence-electron chi connectivity index (χ1n) is 11.5. The van der Waals surface area contributed by atoms with E-state index >= 15 is 0 Å². The van der Waals surface area contributed by atoms with Gasteiger partial charge in [-0.05, 0) is 36.8 Å². The van der Waals surface area contributed by atoms with Gasteiger partial charge < -0.3 is 19.7 Å². The summed E-state index contributed by atoms with van der Waals surface area (Å²) in [7, 11) is 1.61. The van der Waals surface area contributed by atoms with Crippen molar-refractivity contribution in [3.63, 3.8) is 0 Å². The first-order chi connectivity index (χ1) is 16.6. The van der Waals surface area contributed by atoms with Crippen molar-refractivity contribution in [2.75, 3.05) is 20.3 Å². The molecular weight excluding hydrogens is 452 g/mol. The Morgan fingerprint density at radius 1 is 1.26 bits per heavy atom. The molecule has 178 valence electrons. The Morgan fingerprint density at radius 2 is 2.06 bits per heavy atom. The van der Waals surface area contributed by atoms with Crippen LogP contribution in [-0.4, -0.2) is 51.8 Å². The number of thiazole rings is 1. The van der Waals surface area contributed by atoms with E-state index in [2.05, 4.69) is 15.2 Å². The lowest BCUT2D eigenvalue weighted by atomic mass is 9.88. The minimum absolute atomic E-state index is 0.0450. The number of fused-ring (bicyclic) bond motifs is 3. The van der Waals surface area contributed by atoms with E-state index in [-0.39, 0.29) is 36.0 Å². The molecule has 2 N–H and O–H groups in total. The fraction of sp³-hybridized carbons (Fsp3) is 0.400. The summed E-state index contributed by atoms with van der Waals surface area (Å²) in [5.74, 6) is 0.326. The lowest BCUT2D eigenvalue weighted by Crippen LogP contribution is -2.48. The van der Waals surface area contributed by atoms with Crippen LogP contribution in [-0.2, 0) is 17.9 Å². The number of pyridine rings is 1. The molecule has 2 aromatic heterocycles. The van der Waals surface area contributed by atoms with Gasteiger partial charge in [0.05, 0.1) is 25.7 Å². The maximum atomic E-state index is 13.5. The number of carbonyl (C=O) groups excluding carboxylic acids is 1. The van der Waals surface area contributed by atoms with Crippen LogP contribution in [0.25, 0.3) is 11.1 Å². The average molecular weight is 481 g/mol. The van der Waals surface area contributed by atoms with Crippen molar-refractivity contribution in [3.05, 3.63) is 69.0 Å². The summed E-state index contributed by atoms with van der Waals surface area (Å²) in [4.78, 5) is 33.2. The summed E-state index contributed by atoms with van der Waals surface area (Å²) < 4.78 is 7.06. The largest absolute Gasteiger partial charge is 0.497 e. The summed E-state index contributed by atoms with van der Waals surface area (Å²) in [6.07, 6.45) is 1.76. The van der Waals surface area contributed by atoms with E-state index in [1.807, 2.05) is 53.3 Å². The molecule has 0 saturated carbocycles. The number of likely N-dealkylation sites (N-methyl/N-ethyl adjacent to an activating group) is 1. The summed E-state index contributed by atoms with van der Waals surface area (Å²) in [5.41, 5.74) is 2.28. The van der Waals surface area contributed by atoms with Crippen LogP contribution in [0.1, 0.15) is 23.7 Å². The summed E-state index contributed by atoms with van der Waals surface area (Å²) in [6, 6.07) is 10.7. The number of nitrogens with zero attached hydrogens (tertiary/aromatic N) is 3. The first kappa shape index (κ1) is 22.8. The van der Waals surface area contributed by atoms with Crippen LogP contribution in [0.4, 0.5) is 0 Å². The van der Waals surface area contributed by atoms with Gasteiger partial charge in [0.15, 0.2) is 0 Å². The van der Waals surface area contributed by atoms with E-state index in [1.165, 1.54) is 0 Å². The third-order valence-electron chi connectivity index (χ3n) is 7.01. The van der Waals surface area contributed by atoms with Crippen LogP contribution in [0.2, 0.25) is 0 Å². The number of hydrogen-bond acceptors (Lipinski definition) is 7. The van der Waals surface area contributed by atoms with E-state index in [9.17, 15) is 14.7 Å². The fourth-order valence-corrected chi connectivity index (χ4v) is 6.17. The van der Waals surface area contributed by atoms with Crippen molar-refractivity contribution in [1.29, 1.82) is 0 Å². The number of nitrogens with one attached hydrogen (secondary N) is 1. The highest BCUT2D eigenvalue weighted by atomic mass is 32.1. The molecule has 9 heteroatoms. The van der Waals surface area contributed by atoms with Crippen LogP contribution in [0.3, 0.4) is 0 Å². The lowest BCUT2D eigenvalue weighted by Gasteiger charge is -2.30. The predicted molar refractivity (Wildman–Crippen MR) is 130 cm³/mol. The number of aliphatic hydroxyl groups is 1. The lowest BCUT2D eigenvalue weighted by molar-refractivity contribution is -0.127. The molecular formula is C25H28N4O4S. The quantitative estimate of drug-likeness (QED) is 0.539. The number of rotatable bonds is 7. The van der Waals surface area contributed by atoms with E-state index < -0.39 is 6.04 Å². The molecule has 1 amide bonds. The second-order valence-corrected chi connectivity index (χ2v) is 9.69. The maximum absolute atomic E-state index is 13.5. The van der Waals surface area contributed by atoms with Crippen molar-refractivity contribution >= 4 is 17.2 Å². The third-order valence-corrected chi connectivity index (χ3v) is 7.78. The molecule has 1 aromatic carbocycles. The number of ether oxygens (including phenoxy) is 1. The van der Waals surface area contributed by atoms with Gasteiger partial charge in [0.25, 0.3) is 5.56 Å². The Morgan fingerprint density at radius 3 is 2.71 bits per heavy atom. The van der Waals surface area contributed by atoms with Gasteiger partial charge in [0.2, 0.25) is 5.91 Å². The zero-order chi connectivity index (χ0) is 23.8. The second-order valence-electron chi connectivity index (χ2n) is 8.71. The zero-order valence-corrected chi connectivity index (χ0v) is 20.0. The number of aromatic nitrogens is 2. The Kier molecular flexibility index (Phi) is 6.24. The average Bonchev–Trinajstić information content (AvgIpc) is 3.56. The van der Waals surface area contributed by atoms with Crippen LogP contribution in [0, 0.1) is 11.8 Å². The van der Waals surface area contributed by atoms with E-state index in [1.54, 1.807) is 24.6 Å². The van der Waals surface area contributed by atoms with Gasteiger partial charge in [0, 0.05) is 54.4 Å². The molecule has 2 aliphatic heterocycles. The van der Waals surface area contributed by atoms with Crippen molar-refractivity contribution in [3.8, 4) is 16.9 Å². The summed E-state index contributed by atoms with van der Waals surface area (Å²) >= 11 is 1.54. The Balaban J connectivity index is 1.56. The molecule has 0 unspecified atom stereocenters. The van der Waals surface area contributed by atoms with E-state index in [0.717, 1.165) is 22.0 Å². The van der Waals surface area contributed by atoms with Crippen LogP contribution in [0.15, 0.2) is 52.8 Å². The SMILES string of the molecule is CCNC(=O)[C@H]1[C@H](CO)[C@H]2Cn3c(ccc(-c4ccc(OC)cc4)c3=O)[C@H]2N1Cc1nccs1. The van der Waals surface area contributed by atoms with Gasteiger partial charge in [-0.2, -0.15) is 0 Å². The van der Waals surface area contributed by atoms with Crippen LogP contribution in [0.5, 0.6) is 5.75 Å². The van der Waals surface area contributed by atoms with Gasteiger partial charge >= 0.3 is 0 Å². The summed E-state index contributed by atoms with van der Waals surface area (Å²) in [6.45, 7) is 3.26. The Labute approximate surface area is 201 Å². The van der Waals surface area contributed by atoms with Crippen molar-refractivity contribution < 1.29 is 14.6 Å². The second kappa shape index (κ2) is 9.32. The molecule has 2 aliphatic rings. The first-order valence-corrected chi connectivity index (χ1v) is 12.4. The molecule has 5 rings (SSSR count). The van der Waals surface area contributed by atoms with Gasteiger partial charge in [-0.15, -0.1) is 11.3 Å². The van der Waals surface area contributed by atoms with E-state index in [0.29, 0.717) is 25.2 Å². The molecule has 0 radical (unpaired) electrons. The molecule has 4 heterocycles. The topological polar surface area (TPSA) is 96.7 Å². The fourth-order valence-electron chi connectivity index (χ4n) is 5.54. The molecule has 0 spiro atoms. The Hall–Kier alpha value is -3.01. The minimum Gasteiger partial charge on any atom is -0.497 e. The highest BCUT2D eigenvalue weighted by Gasteiger charge is 2.55. The third kappa shape index (κ3) is 3.73. The molecule has 1 saturated heterocycles. The van der Waals surface area contributed by atoms with Gasteiger partial charge in [-0.3, -0.25) is 14.5 Å². The normalized spacial score (nSPS) is 23.5. The molecule has 0 bridgehead atoms. The summed E-state index contributed by atoms with van der Waals surface area (Å²) in [5, 5.41) is 16.1. The number of benzene rings is 1. The number of carbonyl (C=O) groups is 1. The number of amides is 1. The van der Waals surface area contributed by atoms with Crippen molar-refractivity contribution in [2.24, 2.45) is 11.8 Å². The molecule has 8 nitrogen and oxygen atoms in total. The molecule has 3 aromatic rings. The van der Waals surface area contributed by atoms with E-state index in [4.69, 9.17) is 4.74 Å². The van der Waals surface area contributed by atoms with Crippen molar-refractivity contribution in [2.45, 2.75) is 32.1 Å². The molecule has 0 aliphatic carbocycles. The van der Waals surface area contributed by atoms with Gasteiger partial charge in [-0.25, -0.2) is 4.98 Å². The number of likely N-dealkylation sites (tertiary alicyclic amines) is 1. The van der Waals surface area contributed by atoms with Gasteiger partial charge in [-0.1, -0.05) is 12.1 Å². The number of hydrogen-bond donors (Lipinski definition) is 2. The van der Waals surface area contributed by atoms with Crippen LogP contribution < -0.4 is 15.6 Å². The molecule has 34 heavy (non-hydrogen) atoms. The zero-order valence-electron chi connectivity index (χ0n) is 19.2. The van der Waals surface area contributed by atoms with Crippen LogP contribution >= 0.6 is 11.3 Å². The van der Waals surface area contributed by atoms with Crippen molar-refractivity contribution in [1.82, 2.24) is 19.8 Å². The standard InChI is InChI=1S/C25H28N4O4S/c1-3-26-24(31)23-19(14-30)18-12-28-20(22(18)29(23)13-21-27-10-11-34-21)9-8-17(25(28)32)15-4-6-16(33-2)7-5-15/h4-11,18-19,22-23,30H,3,12-14H2,1-2H3,(H,26,31)/t18-,19-,22+,23-/m1/s1. The highest BCUT2D eigenvalue weighted by molar-refractivity contribution is 7.09. The van der Waals surface area contributed by atoms with Gasteiger partial charge in [0.1, 0.15) is 10.8 Å². The monoisotopic (exact) mass is 480 g/mol. The predicted octanol–water partition coefficient (Wildman–Crippen LogP) is 2.28. The Bertz CT molecular complexity index is 1220. The maximum Gasteiger partial charge on any atom is 0.258 e. The smallest absolute Gasteiger partial charge is 0.258 e. The minimum atomic E-state index is -0.478. The number of methoxy groups -OCH3 is 1.